The van der Waals surface area contributed by atoms with E-state index in [9.17, 15) is 21.6 Å². The fourth-order valence-corrected chi connectivity index (χ4v) is 4.22. The molecule has 1 aromatic carbocycles. The maximum Gasteiger partial charge on any atom is 0.255 e. The number of nitrogens with zero attached hydrogens (tertiary/aromatic N) is 3. The Kier molecular flexibility index (Phi) is 6.94. The van der Waals surface area contributed by atoms with Crippen molar-refractivity contribution in [1.29, 1.82) is 0 Å². The highest BCUT2D eigenvalue weighted by atomic mass is 32.2. The molecule has 2 aromatic rings. The summed E-state index contributed by atoms with van der Waals surface area (Å²) in [6.07, 6.45) is 5.91. The van der Waals surface area contributed by atoms with Crippen molar-refractivity contribution in [2.45, 2.75) is 24.3 Å². The van der Waals surface area contributed by atoms with Crippen LogP contribution in [0.3, 0.4) is 0 Å². The number of halogens is 3. The van der Waals surface area contributed by atoms with E-state index in [-0.39, 0.29) is 29.0 Å². The number of primary sulfonamides is 1. The first-order chi connectivity index (χ1) is 16.6. The standard InChI is InChI=1S/C23H23F3N6O2S/c1-32-19(15-4-6-16(24)7-5-15)11-10-18-21(32)22(28-13-20(25)26)31-23(30-18)29-12-14-2-8-17(9-3-14)35(27,33)34/h2-4,6-11,20H,5,12-13H2,1H3,(H2,27,33,34)(H2,28,29,30,31). The lowest BCUT2D eigenvalue weighted by Crippen LogP contribution is -2.25. The Labute approximate surface area is 200 Å². The molecule has 0 fully saturated rings. The van der Waals surface area contributed by atoms with Gasteiger partial charge in [0.25, 0.3) is 6.43 Å². The van der Waals surface area contributed by atoms with Gasteiger partial charge in [0.1, 0.15) is 11.5 Å². The van der Waals surface area contributed by atoms with E-state index in [0.29, 0.717) is 17.8 Å². The molecule has 12 heteroatoms. The van der Waals surface area contributed by atoms with Crippen molar-refractivity contribution in [1.82, 2.24) is 9.97 Å². The minimum atomic E-state index is -3.79. The summed E-state index contributed by atoms with van der Waals surface area (Å²) in [5.74, 6) is 0.108. The van der Waals surface area contributed by atoms with Crippen molar-refractivity contribution in [3.05, 3.63) is 76.9 Å². The van der Waals surface area contributed by atoms with E-state index >= 15 is 0 Å². The fourth-order valence-electron chi connectivity index (χ4n) is 3.70. The summed E-state index contributed by atoms with van der Waals surface area (Å²) in [7, 11) is -2.03. The highest BCUT2D eigenvalue weighted by molar-refractivity contribution is 7.89. The molecule has 0 amide bonds. The molecule has 0 unspecified atom stereocenters. The molecule has 2 heterocycles. The van der Waals surface area contributed by atoms with Crippen molar-refractivity contribution < 1.29 is 21.6 Å². The number of hydrogen-bond donors (Lipinski definition) is 3. The molecule has 184 valence electrons. The van der Waals surface area contributed by atoms with Crippen LogP contribution in [0.15, 0.2) is 70.6 Å². The van der Waals surface area contributed by atoms with Gasteiger partial charge in [-0.2, -0.15) is 4.98 Å². The van der Waals surface area contributed by atoms with Gasteiger partial charge in [0.15, 0.2) is 5.82 Å². The van der Waals surface area contributed by atoms with Crippen LogP contribution >= 0.6 is 0 Å². The quantitative estimate of drug-likeness (QED) is 0.523. The van der Waals surface area contributed by atoms with Gasteiger partial charge in [-0.3, -0.25) is 0 Å². The van der Waals surface area contributed by atoms with Crippen LogP contribution in [0.4, 0.5) is 30.6 Å². The molecule has 0 spiro atoms. The van der Waals surface area contributed by atoms with Gasteiger partial charge in [0.05, 0.1) is 17.1 Å². The van der Waals surface area contributed by atoms with Crippen molar-refractivity contribution in [3.8, 4) is 0 Å². The Morgan fingerprint density at radius 1 is 1.09 bits per heavy atom. The molecule has 4 N–H and O–H groups in total. The molecule has 1 aromatic heterocycles. The highest BCUT2D eigenvalue weighted by Crippen LogP contribution is 2.37. The number of sulfonamides is 1. The normalized spacial score (nSPS) is 17.4. The van der Waals surface area contributed by atoms with E-state index in [0.717, 1.165) is 16.8 Å². The lowest BCUT2D eigenvalue weighted by atomic mass is 10.0. The van der Waals surface area contributed by atoms with Crippen molar-refractivity contribution in [3.63, 3.8) is 0 Å². The predicted octanol–water partition coefficient (Wildman–Crippen LogP) is 3.94. The van der Waals surface area contributed by atoms with Gasteiger partial charge in [-0.05, 0) is 54.0 Å². The number of allylic oxidation sites excluding steroid dienone is 6. The lowest BCUT2D eigenvalue weighted by Gasteiger charge is -2.30. The van der Waals surface area contributed by atoms with E-state index in [2.05, 4.69) is 20.6 Å². The smallest absolute Gasteiger partial charge is 0.255 e. The Bertz CT molecular complexity index is 1350. The molecule has 0 bridgehead atoms. The average Bonchev–Trinajstić information content (AvgIpc) is 2.82. The van der Waals surface area contributed by atoms with Gasteiger partial charge in [0, 0.05) is 19.3 Å². The molecule has 35 heavy (non-hydrogen) atoms. The van der Waals surface area contributed by atoms with Gasteiger partial charge in [-0.1, -0.05) is 18.2 Å². The molecule has 8 nitrogen and oxygen atoms in total. The second-order valence-corrected chi connectivity index (χ2v) is 9.43. The predicted molar refractivity (Wildman–Crippen MR) is 129 cm³/mol. The minimum absolute atomic E-state index is 0.00564. The van der Waals surface area contributed by atoms with Crippen molar-refractivity contribution in [2.75, 3.05) is 29.1 Å². The summed E-state index contributed by atoms with van der Waals surface area (Å²) in [6, 6.07) is 5.98. The second-order valence-electron chi connectivity index (χ2n) is 7.87. The van der Waals surface area contributed by atoms with Gasteiger partial charge in [0.2, 0.25) is 16.0 Å². The van der Waals surface area contributed by atoms with E-state index in [1.165, 1.54) is 24.3 Å². The number of fused-ring (bicyclic) bond motifs is 1. The zero-order chi connectivity index (χ0) is 25.2. The van der Waals surface area contributed by atoms with Crippen LogP contribution < -0.4 is 20.7 Å². The van der Waals surface area contributed by atoms with Crippen molar-refractivity contribution in [2.24, 2.45) is 5.14 Å². The molecule has 4 rings (SSSR count). The maximum absolute atomic E-state index is 13.4. The zero-order valence-corrected chi connectivity index (χ0v) is 19.5. The third kappa shape index (κ3) is 5.72. The number of alkyl halides is 2. The minimum Gasteiger partial charge on any atom is -0.362 e. The number of anilines is 3. The van der Waals surface area contributed by atoms with Gasteiger partial charge < -0.3 is 15.5 Å². The zero-order valence-electron chi connectivity index (χ0n) is 18.7. The average molecular weight is 505 g/mol. The van der Waals surface area contributed by atoms with Crippen LogP contribution in [0.5, 0.6) is 0 Å². The number of nitrogens with two attached hydrogens (primary N) is 1. The Morgan fingerprint density at radius 3 is 2.46 bits per heavy atom. The number of benzene rings is 1. The SMILES string of the molecule is CN1C(=C2C=CC(F)=CC2)C=Cc2nc(NCc3ccc(S(N)(=O)=O)cc3)nc(NCC(F)F)c21. The molecule has 0 atom stereocenters. The number of rotatable bonds is 7. The summed E-state index contributed by atoms with van der Waals surface area (Å²) in [6.45, 7) is -0.343. The van der Waals surface area contributed by atoms with Crippen LogP contribution in [0, 0.1) is 0 Å². The van der Waals surface area contributed by atoms with Crippen LogP contribution in [0.1, 0.15) is 17.7 Å². The van der Waals surface area contributed by atoms with E-state index < -0.39 is 23.0 Å². The maximum atomic E-state index is 13.4. The first-order valence-corrected chi connectivity index (χ1v) is 12.1. The van der Waals surface area contributed by atoms with Gasteiger partial charge in [-0.25, -0.2) is 31.7 Å². The molecular formula is C23H23F3N6O2S. The first-order valence-electron chi connectivity index (χ1n) is 10.6. The van der Waals surface area contributed by atoms with Gasteiger partial charge in [-0.15, -0.1) is 0 Å². The monoisotopic (exact) mass is 504 g/mol. The van der Waals surface area contributed by atoms with Crippen LogP contribution in [0.2, 0.25) is 0 Å². The number of likely N-dealkylation sites (N-methyl/N-ethyl adjacent to an activating group) is 1. The fraction of sp³-hybridized carbons (Fsp3) is 0.217. The number of aromatic nitrogens is 2. The molecule has 1 aliphatic carbocycles. The Hall–Kier alpha value is -3.64. The van der Waals surface area contributed by atoms with E-state index in [1.54, 1.807) is 36.2 Å². The lowest BCUT2D eigenvalue weighted by molar-refractivity contribution is 0.163. The number of hydrogen-bond acceptors (Lipinski definition) is 7. The molecule has 0 radical (unpaired) electrons. The molecule has 1 aliphatic heterocycles. The van der Waals surface area contributed by atoms with E-state index in [4.69, 9.17) is 5.14 Å². The van der Waals surface area contributed by atoms with Crippen LogP contribution in [-0.2, 0) is 16.6 Å². The number of nitrogens with one attached hydrogen (secondary N) is 2. The Balaban J connectivity index is 1.62. The third-order valence-corrected chi connectivity index (χ3v) is 6.35. The highest BCUT2D eigenvalue weighted by Gasteiger charge is 2.24. The topological polar surface area (TPSA) is 113 Å². The first kappa shape index (κ1) is 24.5. The summed E-state index contributed by atoms with van der Waals surface area (Å²) in [4.78, 5) is 10.7. The largest absolute Gasteiger partial charge is 0.362 e. The Morgan fingerprint density at radius 2 is 1.83 bits per heavy atom. The van der Waals surface area contributed by atoms with E-state index in [1.807, 2.05) is 6.08 Å². The molecular weight excluding hydrogens is 481 g/mol. The molecule has 2 aliphatic rings. The summed E-state index contributed by atoms with van der Waals surface area (Å²) in [5.41, 5.74) is 3.40. The van der Waals surface area contributed by atoms with Gasteiger partial charge >= 0.3 is 0 Å². The summed E-state index contributed by atoms with van der Waals surface area (Å²) >= 11 is 0. The summed E-state index contributed by atoms with van der Waals surface area (Å²) < 4.78 is 62.2. The summed E-state index contributed by atoms with van der Waals surface area (Å²) in [5, 5.41) is 10.8. The molecule has 0 saturated heterocycles. The molecule has 0 saturated carbocycles. The van der Waals surface area contributed by atoms with Crippen LogP contribution in [0.25, 0.3) is 6.08 Å². The third-order valence-electron chi connectivity index (χ3n) is 5.42. The van der Waals surface area contributed by atoms with Crippen molar-refractivity contribution >= 4 is 33.6 Å². The second kappa shape index (κ2) is 9.92. The van der Waals surface area contributed by atoms with Crippen LogP contribution in [-0.4, -0.2) is 38.4 Å².